The molecule has 2 aliphatic heterocycles. The van der Waals surface area contributed by atoms with Crippen molar-refractivity contribution in [2.24, 2.45) is 11.3 Å². The van der Waals surface area contributed by atoms with Crippen molar-refractivity contribution in [2.45, 2.75) is 52.4 Å². The summed E-state index contributed by atoms with van der Waals surface area (Å²) >= 11 is 0. The molecular formula is C20H32N4O5S. The van der Waals surface area contributed by atoms with Gasteiger partial charge in [0, 0.05) is 50.6 Å². The lowest BCUT2D eigenvalue weighted by Gasteiger charge is -2.39. The monoisotopic (exact) mass is 440 g/mol. The van der Waals surface area contributed by atoms with Crippen LogP contribution in [0.2, 0.25) is 0 Å². The van der Waals surface area contributed by atoms with Crippen molar-refractivity contribution in [3.8, 4) is 0 Å². The molecule has 0 radical (unpaired) electrons. The van der Waals surface area contributed by atoms with Crippen molar-refractivity contribution in [3.63, 3.8) is 0 Å². The largest absolute Gasteiger partial charge is 0.360 e. The van der Waals surface area contributed by atoms with Crippen molar-refractivity contribution in [1.82, 2.24) is 19.3 Å². The molecule has 0 aromatic carbocycles. The second-order valence-electron chi connectivity index (χ2n) is 9.20. The maximum absolute atomic E-state index is 12.9. The number of likely N-dealkylation sites (tertiary alicyclic amines) is 1. The molecule has 168 valence electrons. The Kier molecular flexibility index (Phi) is 6.29. The Labute approximate surface area is 178 Å². The van der Waals surface area contributed by atoms with Gasteiger partial charge in [-0.25, -0.2) is 8.42 Å². The molecule has 30 heavy (non-hydrogen) atoms. The quantitative estimate of drug-likeness (QED) is 0.704. The number of nitrogens with zero attached hydrogens (tertiary/aromatic N) is 4. The number of piperidine rings is 1. The summed E-state index contributed by atoms with van der Waals surface area (Å²) in [4.78, 5) is 29.1. The first-order valence-corrected chi connectivity index (χ1v) is 11.9. The Bertz CT molecular complexity index is 883. The molecule has 1 aromatic heterocycles. The summed E-state index contributed by atoms with van der Waals surface area (Å²) in [5, 5.41) is 3.74. The number of aromatic nitrogens is 1. The topological polar surface area (TPSA) is 104 Å². The lowest BCUT2D eigenvalue weighted by molar-refractivity contribution is -0.145. The number of sulfonamides is 1. The fourth-order valence-corrected chi connectivity index (χ4v) is 5.90. The SMILES string of the molecule is Cc1noc(C)c1S(=O)(=O)N1CCN(C(=O)C2CCN(C(=O)C(C)(C)C)CC2)CC1. The van der Waals surface area contributed by atoms with Crippen molar-refractivity contribution in [1.29, 1.82) is 0 Å². The standard InChI is InChI=1S/C20H32N4O5S/c1-14-17(15(2)29-21-14)30(27,28)24-12-10-22(11-13-24)18(25)16-6-8-23(9-7-16)19(26)20(3,4)5/h16H,6-13H2,1-5H3. The Morgan fingerprint density at radius 2 is 1.53 bits per heavy atom. The molecule has 2 amide bonds. The molecule has 0 bridgehead atoms. The average molecular weight is 441 g/mol. The highest BCUT2D eigenvalue weighted by atomic mass is 32.2. The molecule has 0 unspecified atom stereocenters. The van der Waals surface area contributed by atoms with Crippen molar-refractivity contribution >= 4 is 21.8 Å². The van der Waals surface area contributed by atoms with Gasteiger partial charge in [0.05, 0.1) is 0 Å². The number of rotatable bonds is 3. The number of hydrogen-bond donors (Lipinski definition) is 0. The lowest BCUT2D eigenvalue weighted by Crippen LogP contribution is -2.53. The summed E-state index contributed by atoms with van der Waals surface area (Å²) in [6.07, 6.45) is 1.30. The summed E-state index contributed by atoms with van der Waals surface area (Å²) in [6.45, 7) is 11.3. The second kappa shape index (κ2) is 8.30. The van der Waals surface area contributed by atoms with Crippen molar-refractivity contribution in [2.75, 3.05) is 39.3 Å². The van der Waals surface area contributed by atoms with Gasteiger partial charge < -0.3 is 14.3 Å². The lowest BCUT2D eigenvalue weighted by atomic mass is 9.90. The second-order valence-corrected chi connectivity index (χ2v) is 11.1. The first-order chi connectivity index (χ1) is 13.9. The predicted octanol–water partition coefficient (Wildman–Crippen LogP) is 1.41. The Morgan fingerprint density at radius 3 is 2.00 bits per heavy atom. The van der Waals surface area contributed by atoms with Crippen LogP contribution in [0.1, 0.15) is 45.1 Å². The maximum Gasteiger partial charge on any atom is 0.248 e. The first-order valence-electron chi connectivity index (χ1n) is 10.4. The third-order valence-electron chi connectivity index (χ3n) is 5.89. The molecule has 9 nitrogen and oxygen atoms in total. The molecule has 2 fully saturated rings. The van der Waals surface area contributed by atoms with E-state index in [9.17, 15) is 18.0 Å². The van der Waals surface area contributed by atoms with Crippen LogP contribution in [0.3, 0.4) is 0 Å². The van der Waals surface area contributed by atoms with Crippen LogP contribution in [0.15, 0.2) is 9.42 Å². The molecule has 10 heteroatoms. The normalized spacial score (nSPS) is 19.9. The highest BCUT2D eigenvalue weighted by molar-refractivity contribution is 7.89. The van der Waals surface area contributed by atoms with Crippen molar-refractivity contribution in [3.05, 3.63) is 11.5 Å². The number of aryl methyl sites for hydroxylation is 2. The zero-order valence-electron chi connectivity index (χ0n) is 18.5. The molecule has 0 atom stereocenters. The van der Waals surface area contributed by atoms with Gasteiger partial charge in [-0.2, -0.15) is 4.31 Å². The summed E-state index contributed by atoms with van der Waals surface area (Å²) < 4.78 is 32.3. The zero-order valence-corrected chi connectivity index (χ0v) is 19.3. The number of amides is 2. The highest BCUT2D eigenvalue weighted by Crippen LogP contribution is 2.27. The van der Waals surface area contributed by atoms with Gasteiger partial charge in [-0.05, 0) is 26.7 Å². The minimum absolute atomic E-state index is 0.0623. The van der Waals surface area contributed by atoms with Gasteiger partial charge >= 0.3 is 0 Å². The number of piperazine rings is 1. The van der Waals surface area contributed by atoms with Crippen LogP contribution in [-0.2, 0) is 19.6 Å². The van der Waals surface area contributed by atoms with Gasteiger partial charge in [0.1, 0.15) is 10.6 Å². The van der Waals surface area contributed by atoms with E-state index in [1.807, 2.05) is 25.7 Å². The van der Waals surface area contributed by atoms with Crippen LogP contribution in [0.4, 0.5) is 0 Å². The van der Waals surface area contributed by atoms with E-state index in [4.69, 9.17) is 4.52 Å². The zero-order chi connectivity index (χ0) is 22.3. The Balaban J connectivity index is 1.56. The van der Waals surface area contributed by atoms with E-state index in [0.717, 1.165) is 0 Å². The summed E-state index contributed by atoms with van der Waals surface area (Å²) in [7, 11) is -3.69. The Morgan fingerprint density at radius 1 is 0.967 bits per heavy atom. The van der Waals surface area contributed by atoms with E-state index in [1.165, 1.54) is 4.31 Å². The highest BCUT2D eigenvalue weighted by Gasteiger charge is 2.37. The molecule has 0 N–H and O–H groups in total. The third-order valence-corrected chi connectivity index (χ3v) is 8.03. The van der Waals surface area contributed by atoms with E-state index in [0.29, 0.717) is 44.7 Å². The van der Waals surface area contributed by atoms with Crippen LogP contribution in [0.25, 0.3) is 0 Å². The van der Waals surface area contributed by atoms with Crippen LogP contribution in [-0.4, -0.2) is 78.8 Å². The van der Waals surface area contributed by atoms with Crippen LogP contribution in [0.5, 0.6) is 0 Å². The molecule has 0 aliphatic carbocycles. The van der Waals surface area contributed by atoms with Gasteiger partial charge in [0.15, 0.2) is 5.76 Å². The molecule has 3 rings (SSSR count). The van der Waals surface area contributed by atoms with E-state index in [1.54, 1.807) is 18.7 Å². The summed E-state index contributed by atoms with van der Waals surface area (Å²) in [5.74, 6) is 0.348. The van der Waals surface area contributed by atoms with E-state index in [2.05, 4.69) is 5.16 Å². The van der Waals surface area contributed by atoms with Crippen LogP contribution < -0.4 is 0 Å². The molecule has 2 aliphatic rings. The third kappa shape index (κ3) is 4.39. The maximum atomic E-state index is 12.9. The Hall–Kier alpha value is -1.94. The molecule has 1 aromatic rings. The van der Waals surface area contributed by atoms with Crippen LogP contribution >= 0.6 is 0 Å². The fourth-order valence-electron chi connectivity index (χ4n) is 4.18. The van der Waals surface area contributed by atoms with E-state index < -0.39 is 15.4 Å². The van der Waals surface area contributed by atoms with E-state index in [-0.39, 0.29) is 41.5 Å². The predicted molar refractivity (Wildman–Crippen MR) is 110 cm³/mol. The molecule has 0 saturated carbocycles. The first kappa shape index (κ1) is 22.7. The fraction of sp³-hybridized carbons (Fsp3) is 0.750. The van der Waals surface area contributed by atoms with Crippen molar-refractivity contribution < 1.29 is 22.5 Å². The smallest absolute Gasteiger partial charge is 0.248 e. The molecule has 2 saturated heterocycles. The molecule has 0 spiro atoms. The number of carbonyl (C=O) groups is 2. The van der Waals surface area contributed by atoms with Gasteiger partial charge in [-0.1, -0.05) is 25.9 Å². The molecular weight excluding hydrogens is 408 g/mol. The summed E-state index contributed by atoms with van der Waals surface area (Å²) in [5.41, 5.74) is -0.0672. The van der Waals surface area contributed by atoms with Gasteiger partial charge in [0.25, 0.3) is 0 Å². The average Bonchev–Trinajstić information content (AvgIpc) is 3.05. The van der Waals surface area contributed by atoms with E-state index >= 15 is 0 Å². The molecule has 3 heterocycles. The number of hydrogen-bond acceptors (Lipinski definition) is 6. The van der Waals surface area contributed by atoms with Gasteiger partial charge in [0.2, 0.25) is 21.8 Å². The summed E-state index contributed by atoms with van der Waals surface area (Å²) in [6, 6.07) is 0. The van der Waals surface area contributed by atoms with Crippen LogP contribution in [0, 0.1) is 25.2 Å². The number of carbonyl (C=O) groups excluding carboxylic acids is 2. The van der Waals surface area contributed by atoms with Gasteiger partial charge in [-0.15, -0.1) is 0 Å². The minimum atomic E-state index is -3.69. The van der Waals surface area contributed by atoms with Gasteiger partial charge in [-0.3, -0.25) is 9.59 Å². The minimum Gasteiger partial charge on any atom is -0.360 e.